The molecule has 0 radical (unpaired) electrons. The minimum Gasteiger partial charge on any atom is -0.363 e. The lowest BCUT2D eigenvalue weighted by Crippen LogP contribution is -2.36. The summed E-state index contributed by atoms with van der Waals surface area (Å²) >= 11 is 0. The van der Waals surface area contributed by atoms with Crippen LogP contribution in [-0.4, -0.2) is 46.7 Å². The molecule has 0 aliphatic carbocycles. The van der Waals surface area contributed by atoms with Crippen LogP contribution in [0.4, 0.5) is 11.8 Å². The van der Waals surface area contributed by atoms with Gasteiger partial charge in [-0.05, 0) is 25.3 Å². The van der Waals surface area contributed by atoms with E-state index < -0.39 is 0 Å². The van der Waals surface area contributed by atoms with Gasteiger partial charge in [-0.25, -0.2) is 9.97 Å². The number of imidazole rings is 1. The van der Waals surface area contributed by atoms with Crippen LogP contribution in [-0.2, 0) is 6.54 Å². The van der Waals surface area contributed by atoms with Crippen molar-refractivity contribution in [3.8, 4) is 0 Å². The first-order chi connectivity index (χ1) is 11.7. The number of anilines is 2. The zero-order valence-electron chi connectivity index (χ0n) is 15.0. The van der Waals surface area contributed by atoms with Gasteiger partial charge in [0.25, 0.3) is 0 Å². The molecule has 24 heavy (non-hydrogen) atoms. The molecule has 0 amide bonds. The van der Waals surface area contributed by atoms with Crippen LogP contribution in [0.2, 0.25) is 0 Å². The van der Waals surface area contributed by atoms with Gasteiger partial charge < -0.3 is 14.4 Å². The summed E-state index contributed by atoms with van der Waals surface area (Å²) in [7, 11) is 4.02. The highest BCUT2D eigenvalue weighted by Gasteiger charge is 2.26. The van der Waals surface area contributed by atoms with Crippen molar-refractivity contribution < 1.29 is 0 Å². The van der Waals surface area contributed by atoms with Crippen molar-refractivity contribution in [1.82, 2.24) is 19.5 Å². The first-order valence-corrected chi connectivity index (χ1v) is 8.95. The molecular weight excluding hydrogens is 300 g/mol. The van der Waals surface area contributed by atoms with Crippen LogP contribution in [0.3, 0.4) is 0 Å². The summed E-state index contributed by atoms with van der Waals surface area (Å²) in [4.78, 5) is 18.2. The number of piperidine rings is 1. The second kappa shape index (κ2) is 7.64. The van der Waals surface area contributed by atoms with E-state index in [1.54, 1.807) is 0 Å². The van der Waals surface area contributed by atoms with Crippen molar-refractivity contribution in [2.75, 3.05) is 37.0 Å². The van der Waals surface area contributed by atoms with E-state index in [0.29, 0.717) is 5.92 Å². The largest absolute Gasteiger partial charge is 0.363 e. The highest BCUT2D eigenvalue weighted by Crippen LogP contribution is 2.28. The molecule has 3 rings (SSSR count). The van der Waals surface area contributed by atoms with Crippen LogP contribution >= 0.6 is 0 Å². The van der Waals surface area contributed by atoms with E-state index in [9.17, 15) is 0 Å². The maximum absolute atomic E-state index is 4.70. The monoisotopic (exact) mass is 328 g/mol. The lowest BCUT2D eigenvalue weighted by Gasteiger charge is -2.33. The average molecular weight is 328 g/mol. The second-order valence-electron chi connectivity index (χ2n) is 6.73. The number of unbranched alkanes of at least 4 members (excludes halogenated alkanes) is 1. The number of hydrogen-bond donors (Lipinski definition) is 0. The minimum atomic E-state index is 0.456. The van der Waals surface area contributed by atoms with Gasteiger partial charge in [0.05, 0.1) is 0 Å². The fourth-order valence-corrected chi connectivity index (χ4v) is 3.31. The Kier molecular flexibility index (Phi) is 5.33. The topological polar surface area (TPSA) is 50.1 Å². The molecule has 0 unspecified atom stereocenters. The molecule has 1 fully saturated rings. The summed E-state index contributed by atoms with van der Waals surface area (Å²) in [6.45, 7) is 5.26. The SMILES string of the molecule is CCCCn1ccnc1[C@H]1CCCN(c2nccc(N(C)C)n2)C1. The zero-order valence-corrected chi connectivity index (χ0v) is 15.0. The Bertz CT molecular complexity index is 650. The molecule has 3 heterocycles. The Hall–Kier alpha value is -2.11. The van der Waals surface area contributed by atoms with E-state index in [4.69, 9.17) is 4.98 Å². The smallest absolute Gasteiger partial charge is 0.227 e. The Balaban J connectivity index is 1.75. The van der Waals surface area contributed by atoms with Crippen molar-refractivity contribution in [2.45, 2.75) is 45.1 Å². The lowest BCUT2D eigenvalue weighted by atomic mass is 9.97. The van der Waals surface area contributed by atoms with Crippen molar-refractivity contribution in [2.24, 2.45) is 0 Å². The molecule has 0 N–H and O–H groups in total. The van der Waals surface area contributed by atoms with Crippen LogP contribution in [0.25, 0.3) is 0 Å². The third-order valence-electron chi connectivity index (χ3n) is 4.66. The van der Waals surface area contributed by atoms with Gasteiger partial charge in [-0.2, -0.15) is 4.98 Å². The van der Waals surface area contributed by atoms with E-state index in [1.165, 1.54) is 25.1 Å². The molecule has 0 aromatic carbocycles. The maximum atomic E-state index is 4.70. The molecule has 0 spiro atoms. The van der Waals surface area contributed by atoms with Crippen LogP contribution in [0.15, 0.2) is 24.7 Å². The van der Waals surface area contributed by atoms with E-state index in [1.807, 2.05) is 37.5 Å². The number of nitrogens with zero attached hydrogens (tertiary/aromatic N) is 6. The summed E-state index contributed by atoms with van der Waals surface area (Å²) in [6, 6.07) is 1.95. The predicted octanol–water partition coefficient (Wildman–Crippen LogP) is 2.92. The van der Waals surface area contributed by atoms with E-state index >= 15 is 0 Å². The van der Waals surface area contributed by atoms with Gasteiger partial charge >= 0.3 is 0 Å². The van der Waals surface area contributed by atoms with Gasteiger partial charge in [0.15, 0.2) is 0 Å². The lowest BCUT2D eigenvalue weighted by molar-refractivity contribution is 0.461. The quantitative estimate of drug-likeness (QED) is 0.816. The molecule has 1 atom stereocenters. The highest BCUT2D eigenvalue weighted by atomic mass is 15.3. The van der Waals surface area contributed by atoms with Crippen LogP contribution < -0.4 is 9.80 Å². The fourth-order valence-electron chi connectivity index (χ4n) is 3.31. The molecule has 2 aromatic heterocycles. The van der Waals surface area contributed by atoms with Crippen molar-refractivity contribution in [3.05, 3.63) is 30.5 Å². The summed E-state index contributed by atoms with van der Waals surface area (Å²) in [5.41, 5.74) is 0. The molecule has 0 saturated carbocycles. The first kappa shape index (κ1) is 16.7. The third-order valence-corrected chi connectivity index (χ3v) is 4.66. The third kappa shape index (κ3) is 3.68. The van der Waals surface area contributed by atoms with Crippen LogP contribution in [0.1, 0.15) is 44.3 Å². The molecule has 0 bridgehead atoms. The van der Waals surface area contributed by atoms with Gasteiger partial charge in [-0.1, -0.05) is 13.3 Å². The highest BCUT2D eigenvalue weighted by molar-refractivity contribution is 5.43. The second-order valence-corrected chi connectivity index (χ2v) is 6.73. The Morgan fingerprint density at radius 2 is 2.12 bits per heavy atom. The first-order valence-electron chi connectivity index (χ1n) is 8.95. The molecule has 2 aromatic rings. The van der Waals surface area contributed by atoms with Crippen LogP contribution in [0, 0.1) is 0 Å². The molecule has 1 aliphatic heterocycles. The number of hydrogen-bond acceptors (Lipinski definition) is 5. The minimum absolute atomic E-state index is 0.456. The molecule has 6 heteroatoms. The Morgan fingerprint density at radius 1 is 1.25 bits per heavy atom. The standard InChI is InChI=1S/C18H28N6/c1-4-5-11-23-13-10-19-17(23)15-7-6-12-24(14-15)18-20-9-8-16(21-18)22(2)3/h8-10,13,15H,4-7,11-12,14H2,1-3H3/t15-/m0/s1. The van der Waals surface area contributed by atoms with E-state index in [0.717, 1.165) is 37.8 Å². The number of rotatable bonds is 6. The predicted molar refractivity (Wildman–Crippen MR) is 97.7 cm³/mol. The fraction of sp³-hybridized carbons (Fsp3) is 0.611. The number of aryl methyl sites for hydroxylation is 1. The van der Waals surface area contributed by atoms with E-state index in [2.05, 4.69) is 32.6 Å². The Labute approximate surface area is 144 Å². The average Bonchev–Trinajstić information content (AvgIpc) is 3.08. The number of aromatic nitrogens is 4. The van der Waals surface area contributed by atoms with Crippen molar-refractivity contribution in [1.29, 1.82) is 0 Å². The molecular formula is C18H28N6. The summed E-state index contributed by atoms with van der Waals surface area (Å²) < 4.78 is 2.33. The molecule has 130 valence electrons. The molecule has 1 saturated heterocycles. The molecule has 6 nitrogen and oxygen atoms in total. The summed E-state index contributed by atoms with van der Waals surface area (Å²) in [5.74, 6) is 3.46. The van der Waals surface area contributed by atoms with E-state index in [-0.39, 0.29) is 0 Å². The van der Waals surface area contributed by atoms with Gasteiger partial charge in [-0.3, -0.25) is 0 Å². The van der Waals surface area contributed by atoms with Crippen molar-refractivity contribution >= 4 is 11.8 Å². The summed E-state index contributed by atoms with van der Waals surface area (Å²) in [6.07, 6.45) is 10.7. The van der Waals surface area contributed by atoms with Gasteiger partial charge in [0, 0.05) is 58.2 Å². The van der Waals surface area contributed by atoms with Gasteiger partial charge in [0.1, 0.15) is 11.6 Å². The Morgan fingerprint density at radius 3 is 2.92 bits per heavy atom. The van der Waals surface area contributed by atoms with Crippen molar-refractivity contribution in [3.63, 3.8) is 0 Å². The summed E-state index contributed by atoms with van der Waals surface area (Å²) in [5, 5.41) is 0. The zero-order chi connectivity index (χ0) is 16.9. The van der Waals surface area contributed by atoms with Gasteiger partial charge in [0.2, 0.25) is 5.95 Å². The van der Waals surface area contributed by atoms with Gasteiger partial charge in [-0.15, -0.1) is 0 Å². The molecule has 1 aliphatic rings. The normalized spacial score (nSPS) is 18.0. The van der Waals surface area contributed by atoms with Crippen LogP contribution in [0.5, 0.6) is 0 Å². The maximum Gasteiger partial charge on any atom is 0.227 e.